The summed E-state index contributed by atoms with van der Waals surface area (Å²) >= 11 is 0. The summed E-state index contributed by atoms with van der Waals surface area (Å²) in [5.74, 6) is -0.147. The smallest absolute Gasteiger partial charge is 0.322 e. The number of aromatic nitrogens is 1. The summed E-state index contributed by atoms with van der Waals surface area (Å²) in [5.41, 5.74) is 3.68. The van der Waals surface area contributed by atoms with Crippen molar-refractivity contribution < 1.29 is 32.7 Å². The first-order chi connectivity index (χ1) is 22.6. The van der Waals surface area contributed by atoms with Crippen molar-refractivity contribution in [3.05, 3.63) is 102 Å². The zero-order valence-electron chi connectivity index (χ0n) is 26.1. The number of aryl methyl sites for hydroxylation is 1. The number of aliphatic hydroxyl groups excluding tert-OH is 1. The second kappa shape index (κ2) is 12.7. The van der Waals surface area contributed by atoms with Crippen LogP contribution >= 0.6 is 0 Å². The third kappa shape index (κ3) is 5.84. The molecule has 3 aromatic carbocycles. The molecule has 2 aromatic heterocycles. The van der Waals surface area contributed by atoms with E-state index < -0.39 is 28.2 Å². The lowest BCUT2D eigenvalue weighted by molar-refractivity contribution is -0.136. The van der Waals surface area contributed by atoms with Gasteiger partial charge in [0.05, 0.1) is 18.2 Å². The van der Waals surface area contributed by atoms with Crippen molar-refractivity contribution in [2.45, 2.75) is 32.8 Å². The SMILES string of the molecule is CNC(=O)c1c(-c2ccc(F)cc2)oc2cc([N+](C=O)(CC(C)O)C(C)=O)c(-c3cccc(-c4nc5c(o4)C=CC=CCC5)c3)cc12. The zero-order chi connectivity index (χ0) is 33.3. The molecule has 47 heavy (non-hydrogen) atoms. The number of rotatable bonds is 8. The first-order valence-electron chi connectivity index (χ1n) is 15.2. The third-order valence-electron chi connectivity index (χ3n) is 8.28. The van der Waals surface area contributed by atoms with Crippen molar-refractivity contribution in [3.8, 4) is 33.9 Å². The number of imide groups is 1. The van der Waals surface area contributed by atoms with Crippen LogP contribution in [0.2, 0.25) is 0 Å². The highest BCUT2D eigenvalue weighted by Crippen LogP contribution is 2.43. The number of halogens is 1. The third-order valence-corrected chi connectivity index (χ3v) is 8.28. The molecule has 3 amide bonds. The van der Waals surface area contributed by atoms with Crippen LogP contribution < -0.4 is 9.80 Å². The van der Waals surface area contributed by atoms with Gasteiger partial charge in [-0.05, 0) is 73.9 Å². The summed E-state index contributed by atoms with van der Waals surface area (Å²) < 4.78 is 25.4. The highest BCUT2D eigenvalue weighted by Gasteiger charge is 2.41. The maximum absolute atomic E-state index is 13.8. The minimum Gasteiger partial charge on any atom is -0.455 e. The summed E-state index contributed by atoms with van der Waals surface area (Å²) in [7, 11) is 1.49. The molecule has 2 atom stereocenters. The minimum atomic E-state index is -1.03. The van der Waals surface area contributed by atoms with Crippen LogP contribution in [0.3, 0.4) is 0 Å². The Morgan fingerprint density at radius 1 is 1.06 bits per heavy atom. The lowest BCUT2D eigenvalue weighted by atomic mass is 9.95. The lowest BCUT2D eigenvalue weighted by Crippen LogP contribution is -2.55. The van der Waals surface area contributed by atoms with Crippen LogP contribution in [-0.4, -0.2) is 48.0 Å². The van der Waals surface area contributed by atoms with Crippen molar-refractivity contribution in [1.82, 2.24) is 14.8 Å². The Balaban J connectivity index is 1.63. The van der Waals surface area contributed by atoms with Crippen LogP contribution in [0.5, 0.6) is 0 Å². The zero-order valence-corrected chi connectivity index (χ0v) is 26.1. The van der Waals surface area contributed by atoms with Crippen LogP contribution in [0.15, 0.2) is 87.7 Å². The van der Waals surface area contributed by atoms with E-state index in [0.717, 1.165) is 18.5 Å². The molecule has 0 fully saturated rings. The molecule has 0 radical (unpaired) electrons. The molecule has 1 aliphatic carbocycles. The molecule has 0 saturated carbocycles. The van der Waals surface area contributed by atoms with Crippen LogP contribution in [0.25, 0.3) is 51.0 Å². The van der Waals surface area contributed by atoms with E-state index in [0.29, 0.717) is 45.7 Å². The van der Waals surface area contributed by atoms with E-state index in [1.807, 2.05) is 42.5 Å². The van der Waals surface area contributed by atoms with Gasteiger partial charge >= 0.3 is 12.3 Å². The molecule has 0 saturated heterocycles. The van der Waals surface area contributed by atoms with E-state index in [4.69, 9.17) is 13.8 Å². The summed E-state index contributed by atoms with van der Waals surface area (Å²) in [5, 5.41) is 13.5. The van der Waals surface area contributed by atoms with E-state index in [-0.39, 0.29) is 29.1 Å². The monoisotopic (exact) mass is 634 g/mol. The number of oxazole rings is 1. The van der Waals surface area contributed by atoms with Gasteiger partial charge in [-0.3, -0.25) is 4.79 Å². The molecule has 5 aromatic rings. The molecule has 2 unspecified atom stereocenters. The Hall–Kier alpha value is -5.45. The van der Waals surface area contributed by atoms with Crippen LogP contribution in [0.1, 0.15) is 42.1 Å². The average molecular weight is 635 g/mol. The second-order valence-electron chi connectivity index (χ2n) is 11.5. The summed E-state index contributed by atoms with van der Waals surface area (Å²) in [6, 6.07) is 16.1. The summed E-state index contributed by atoms with van der Waals surface area (Å²) in [6.07, 6.45) is 8.82. The minimum absolute atomic E-state index is 0.193. The normalized spacial score (nSPS) is 14.6. The van der Waals surface area contributed by atoms with Crippen LogP contribution in [0, 0.1) is 5.82 Å². The quantitative estimate of drug-likeness (QED) is 0.142. The molecule has 1 aliphatic rings. The Morgan fingerprint density at radius 2 is 1.83 bits per heavy atom. The number of allylic oxidation sites excluding steroid dienone is 3. The standard InChI is InChI=1S/C37H32FN3O6/c1-22(43)20-41(21-42,23(2)44)31-19-33-29(34(36(45)39-3)35(46-33)24-13-15-27(38)16-14-24)18-28(31)25-9-8-10-26(17-25)37-40-30-11-6-4-5-7-12-32(30)47-37/h4-5,7-10,12-19,21-22,43H,6,11,20H2,1-3H3/p+1. The van der Waals surface area contributed by atoms with E-state index in [1.165, 1.54) is 45.2 Å². The second-order valence-corrected chi connectivity index (χ2v) is 11.5. The first-order valence-corrected chi connectivity index (χ1v) is 15.2. The Labute approximate surface area is 270 Å². The van der Waals surface area contributed by atoms with Gasteiger partial charge in [0.25, 0.3) is 5.91 Å². The largest absolute Gasteiger partial charge is 0.455 e. The molecule has 238 valence electrons. The molecule has 10 heteroatoms. The van der Waals surface area contributed by atoms with Crippen LogP contribution in [-0.2, 0) is 16.0 Å². The van der Waals surface area contributed by atoms with Crippen molar-refractivity contribution in [1.29, 1.82) is 0 Å². The number of amides is 3. The van der Waals surface area contributed by atoms with Gasteiger partial charge in [-0.2, -0.15) is 4.48 Å². The number of nitrogens with zero attached hydrogens (tertiary/aromatic N) is 2. The van der Waals surface area contributed by atoms with E-state index in [2.05, 4.69) is 11.4 Å². The molecule has 0 spiro atoms. The van der Waals surface area contributed by atoms with Crippen molar-refractivity contribution >= 4 is 41.0 Å². The number of aliphatic hydroxyl groups is 1. The molecule has 9 nitrogen and oxygen atoms in total. The maximum Gasteiger partial charge on any atom is 0.322 e. The number of carbonyl (C=O) groups is 3. The average Bonchev–Trinajstić information content (AvgIpc) is 3.63. The summed E-state index contributed by atoms with van der Waals surface area (Å²) in [4.78, 5) is 44.4. The van der Waals surface area contributed by atoms with E-state index in [9.17, 15) is 23.9 Å². The van der Waals surface area contributed by atoms with Crippen LogP contribution in [0.4, 0.5) is 10.1 Å². The number of benzene rings is 3. The first kappa shape index (κ1) is 31.5. The molecular formula is C37H33FN3O6+. The highest BCUT2D eigenvalue weighted by atomic mass is 19.1. The van der Waals surface area contributed by atoms with Gasteiger partial charge < -0.3 is 19.3 Å². The summed E-state index contributed by atoms with van der Waals surface area (Å²) in [6.45, 7) is 2.55. The fraction of sp³-hybridized carbons (Fsp3) is 0.189. The molecule has 6 rings (SSSR count). The molecule has 0 bridgehead atoms. The van der Waals surface area contributed by atoms with Gasteiger partial charge in [0, 0.05) is 35.2 Å². The van der Waals surface area contributed by atoms with E-state index in [1.54, 1.807) is 12.1 Å². The number of furan rings is 1. The predicted molar refractivity (Wildman–Crippen MR) is 178 cm³/mol. The van der Waals surface area contributed by atoms with Crippen molar-refractivity contribution in [2.75, 3.05) is 13.6 Å². The van der Waals surface area contributed by atoms with Gasteiger partial charge in [-0.25, -0.2) is 19.0 Å². The number of hydrogen-bond acceptors (Lipinski definition) is 7. The maximum atomic E-state index is 13.8. The number of quaternary nitrogens is 1. The topological polar surface area (TPSA) is 123 Å². The van der Waals surface area contributed by atoms with Crippen molar-refractivity contribution in [3.63, 3.8) is 0 Å². The molecule has 2 heterocycles. The number of hydrogen-bond donors (Lipinski definition) is 2. The fourth-order valence-electron chi connectivity index (χ4n) is 5.99. The highest BCUT2D eigenvalue weighted by molar-refractivity contribution is 6.14. The Bertz CT molecular complexity index is 2070. The number of nitrogens with one attached hydrogen (secondary N) is 1. The molecule has 0 aliphatic heterocycles. The Morgan fingerprint density at radius 3 is 2.53 bits per heavy atom. The number of carbonyl (C=O) groups excluding carboxylic acids is 3. The van der Waals surface area contributed by atoms with Gasteiger partial charge in [0.1, 0.15) is 29.8 Å². The molecule has 2 N–H and O–H groups in total. The van der Waals surface area contributed by atoms with Crippen molar-refractivity contribution in [2.24, 2.45) is 0 Å². The fourth-order valence-corrected chi connectivity index (χ4v) is 5.99. The van der Waals surface area contributed by atoms with Gasteiger partial charge in [0.15, 0.2) is 11.4 Å². The lowest BCUT2D eigenvalue weighted by Gasteiger charge is -2.30. The van der Waals surface area contributed by atoms with Gasteiger partial charge in [-0.15, -0.1) is 0 Å². The predicted octanol–water partition coefficient (Wildman–Crippen LogP) is 6.83. The van der Waals surface area contributed by atoms with E-state index >= 15 is 0 Å². The Kier molecular flexibility index (Phi) is 8.55. The number of fused-ring (bicyclic) bond motifs is 2. The molecular weight excluding hydrogens is 601 g/mol. The van der Waals surface area contributed by atoms with Gasteiger partial charge in [-0.1, -0.05) is 30.4 Å². The van der Waals surface area contributed by atoms with Gasteiger partial charge in [0.2, 0.25) is 5.89 Å².